The number of hydrogen-bond acceptors (Lipinski definition) is 4. The molecule has 2 N–H and O–H groups in total. The van der Waals surface area contributed by atoms with Crippen molar-refractivity contribution in [1.82, 2.24) is 0 Å². The predicted molar refractivity (Wildman–Crippen MR) is 84.1 cm³/mol. The van der Waals surface area contributed by atoms with Gasteiger partial charge in [0.1, 0.15) is 0 Å². The summed E-state index contributed by atoms with van der Waals surface area (Å²) < 4.78 is 29.7. The number of rotatable bonds is 9. The molecule has 0 saturated heterocycles. The summed E-state index contributed by atoms with van der Waals surface area (Å²) in [6.07, 6.45) is 1.17. The molecule has 0 saturated carbocycles. The first-order valence-corrected chi connectivity index (χ1v) is 8.61. The first kappa shape index (κ1) is 16.8. The number of benzene rings is 1. The average Bonchev–Trinajstić information content (AvgIpc) is 2.40. The molecule has 0 aromatic heterocycles. The van der Waals surface area contributed by atoms with Crippen molar-refractivity contribution in [3.8, 4) is 0 Å². The molecule has 0 heterocycles. The van der Waals surface area contributed by atoms with Gasteiger partial charge in [-0.3, -0.25) is 4.55 Å². The molecule has 0 bridgehead atoms. The fraction of sp³-hybridized carbons (Fsp3) is 0.571. The Hall–Kier alpha value is -1.27. The molecule has 0 spiro atoms. The lowest BCUT2D eigenvalue weighted by atomic mass is 10.2. The van der Waals surface area contributed by atoms with Gasteiger partial charge in [-0.1, -0.05) is 0 Å². The first-order chi connectivity index (χ1) is 9.46. The van der Waals surface area contributed by atoms with Crippen LogP contribution in [0.4, 0.5) is 11.4 Å². The van der Waals surface area contributed by atoms with Crippen molar-refractivity contribution in [2.45, 2.75) is 26.7 Å². The lowest BCUT2D eigenvalue weighted by Crippen LogP contribution is -2.21. The summed E-state index contributed by atoms with van der Waals surface area (Å²) in [7, 11) is -3.82. The van der Waals surface area contributed by atoms with Crippen LogP contribution >= 0.6 is 0 Å². The second kappa shape index (κ2) is 8.11. The van der Waals surface area contributed by atoms with Gasteiger partial charge in [0.05, 0.1) is 5.75 Å². The van der Waals surface area contributed by atoms with E-state index in [1.54, 1.807) is 0 Å². The molecule has 0 fully saturated rings. The van der Waals surface area contributed by atoms with Gasteiger partial charge in [0, 0.05) is 31.0 Å². The van der Waals surface area contributed by atoms with Crippen molar-refractivity contribution in [1.29, 1.82) is 0 Å². The largest absolute Gasteiger partial charge is 0.385 e. The van der Waals surface area contributed by atoms with Crippen molar-refractivity contribution in [2.75, 3.05) is 35.6 Å². The van der Waals surface area contributed by atoms with Crippen LogP contribution < -0.4 is 10.2 Å². The Balaban J connectivity index is 2.35. The predicted octanol–water partition coefficient (Wildman–Crippen LogP) is 2.61. The van der Waals surface area contributed by atoms with E-state index in [-0.39, 0.29) is 5.75 Å². The minimum Gasteiger partial charge on any atom is -0.385 e. The quantitative estimate of drug-likeness (QED) is 0.542. The van der Waals surface area contributed by atoms with Crippen molar-refractivity contribution in [2.24, 2.45) is 0 Å². The van der Waals surface area contributed by atoms with Crippen LogP contribution in [0.2, 0.25) is 0 Å². The van der Waals surface area contributed by atoms with Gasteiger partial charge in [0.2, 0.25) is 0 Å². The van der Waals surface area contributed by atoms with Crippen LogP contribution in [0, 0.1) is 0 Å². The summed E-state index contributed by atoms with van der Waals surface area (Å²) in [5.74, 6) is -0.171. The summed E-state index contributed by atoms with van der Waals surface area (Å²) >= 11 is 0. The monoisotopic (exact) mass is 300 g/mol. The highest BCUT2D eigenvalue weighted by molar-refractivity contribution is 7.85. The van der Waals surface area contributed by atoms with Gasteiger partial charge in [-0.05, 0) is 51.0 Å². The van der Waals surface area contributed by atoms with Gasteiger partial charge >= 0.3 is 0 Å². The summed E-state index contributed by atoms with van der Waals surface area (Å²) in [5, 5.41) is 3.24. The van der Waals surface area contributed by atoms with Crippen LogP contribution in [0.5, 0.6) is 0 Å². The van der Waals surface area contributed by atoms with E-state index in [2.05, 4.69) is 36.2 Å². The fourth-order valence-corrected chi connectivity index (χ4v) is 2.59. The molecule has 0 unspecified atom stereocenters. The molecule has 0 amide bonds. The molecular formula is C14H24N2O3S. The molecule has 114 valence electrons. The van der Waals surface area contributed by atoms with Gasteiger partial charge in [-0.25, -0.2) is 0 Å². The molecule has 0 radical (unpaired) electrons. The maximum Gasteiger partial charge on any atom is 0.264 e. The van der Waals surface area contributed by atoms with Crippen molar-refractivity contribution < 1.29 is 13.0 Å². The van der Waals surface area contributed by atoms with Gasteiger partial charge in [0.15, 0.2) is 0 Å². The second-order valence-electron chi connectivity index (χ2n) is 4.64. The van der Waals surface area contributed by atoms with Crippen LogP contribution in [0.3, 0.4) is 0 Å². The third kappa shape index (κ3) is 6.25. The normalized spacial score (nSPS) is 11.3. The number of unbranched alkanes of at least 4 members (excludes halogenated alkanes) is 1. The number of nitrogens with one attached hydrogen (secondary N) is 1. The zero-order valence-corrected chi connectivity index (χ0v) is 13.0. The zero-order valence-electron chi connectivity index (χ0n) is 12.2. The Bertz CT molecular complexity index is 482. The SMILES string of the molecule is CCN(CC)c1ccc(NCCCCS(=O)(=O)O)cc1. The standard InChI is InChI=1S/C14H24N2O3S/c1-3-16(4-2)14-9-7-13(8-10-14)15-11-5-6-12-20(17,18)19/h7-10,15H,3-6,11-12H2,1-2H3,(H,17,18,19). The molecule has 0 atom stereocenters. The molecule has 0 aliphatic heterocycles. The summed E-state index contributed by atoms with van der Waals surface area (Å²) in [5.41, 5.74) is 2.22. The van der Waals surface area contributed by atoms with Crippen molar-refractivity contribution >= 4 is 21.5 Å². The van der Waals surface area contributed by atoms with E-state index in [0.29, 0.717) is 19.4 Å². The topological polar surface area (TPSA) is 69.6 Å². The highest BCUT2D eigenvalue weighted by atomic mass is 32.2. The maximum atomic E-state index is 10.6. The third-order valence-corrected chi connectivity index (χ3v) is 3.96. The summed E-state index contributed by atoms with van der Waals surface area (Å²) in [6, 6.07) is 8.20. The Morgan fingerprint density at radius 2 is 1.70 bits per heavy atom. The second-order valence-corrected chi connectivity index (χ2v) is 6.21. The van der Waals surface area contributed by atoms with E-state index in [0.717, 1.165) is 18.8 Å². The van der Waals surface area contributed by atoms with Crippen LogP contribution in [0.25, 0.3) is 0 Å². The number of nitrogens with zero attached hydrogens (tertiary/aromatic N) is 1. The highest BCUT2D eigenvalue weighted by Crippen LogP contribution is 2.17. The van der Waals surface area contributed by atoms with E-state index < -0.39 is 10.1 Å². The average molecular weight is 300 g/mol. The van der Waals surface area contributed by atoms with E-state index >= 15 is 0 Å². The van der Waals surface area contributed by atoms with Gasteiger partial charge in [0.25, 0.3) is 10.1 Å². The fourth-order valence-electron chi connectivity index (χ4n) is 2.02. The van der Waals surface area contributed by atoms with Crippen LogP contribution in [0.1, 0.15) is 26.7 Å². The Labute approximate surface area is 121 Å². The smallest absolute Gasteiger partial charge is 0.264 e. The van der Waals surface area contributed by atoms with E-state index in [9.17, 15) is 8.42 Å². The Morgan fingerprint density at radius 1 is 1.10 bits per heavy atom. The summed E-state index contributed by atoms with van der Waals surface area (Å²) in [4.78, 5) is 2.27. The van der Waals surface area contributed by atoms with Gasteiger partial charge in [-0.15, -0.1) is 0 Å². The molecule has 0 aliphatic rings. The van der Waals surface area contributed by atoms with Crippen LogP contribution in [0.15, 0.2) is 24.3 Å². The Morgan fingerprint density at radius 3 is 2.20 bits per heavy atom. The molecule has 1 aromatic carbocycles. The first-order valence-electron chi connectivity index (χ1n) is 7.00. The lowest BCUT2D eigenvalue weighted by molar-refractivity contribution is 0.480. The van der Waals surface area contributed by atoms with Crippen molar-refractivity contribution in [3.05, 3.63) is 24.3 Å². The Kier molecular flexibility index (Phi) is 6.81. The molecule has 6 heteroatoms. The van der Waals surface area contributed by atoms with E-state index in [4.69, 9.17) is 4.55 Å². The minimum absolute atomic E-state index is 0.171. The number of hydrogen-bond donors (Lipinski definition) is 2. The molecule has 5 nitrogen and oxygen atoms in total. The van der Waals surface area contributed by atoms with Gasteiger partial charge in [-0.2, -0.15) is 8.42 Å². The third-order valence-electron chi connectivity index (χ3n) is 3.15. The molecule has 1 rings (SSSR count). The lowest BCUT2D eigenvalue weighted by Gasteiger charge is -2.21. The molecule has 0 aliphatic carbocycles. The molecule has 20 heavy (non-hydrogen) atoms. The van der Waals surface area contributed by atoms with E-state index in [1.165, 1.54) is 5.69 Å². The summed E-state index contributed by atoms with van der Waals surface area (Å²) in [6.45, 7) is 6.92. The number of anilines is 2. The van der Waals surface area contributed by atoms with Crippen LogP contribution in [-0.4, -0.2) is 38.4 Å². The van der Waals surface area contributed by atoms with Crippen LogP contribution in [-0.2, 0) is 10.1 Å². The highest BCUT2D eigenvalue weighted by Gasteiger charge is 2.03. The minimum atomic E-state index is -3.82. The maximum absolute atomic E-state index is 10.6. The van der Waals surface area contributed by atoms with Gasteiger partial charge < -0.3 is 10.2 Å². The molecule has 1 aromatic rings. The van der Waals surface area contributed by atoms with E-state index in [1.807, 2.05) is 12.1 Å². The van der Waals surface area contributed by atoms with Crippen molar-refractivity contribution in [3.63, 3.8) is 0 Å². The zero-order chi connectivity index (χ0) is 15.0. The molecular weight excluding hydrogens is 276 g/mol.